The highest BCUT2D eigenvalue weighted by molar-refractivity contribution is 5.97. The van der Waals surface area contributed by atoms with Gasteiger partial charge in [-0.3, -0.25) is 9.59 Å². The maximum Gasteiger partial charge on any atom is 0.240 e. The fourth-order valence-electron chi connectivity index (χ4n) is 3.91. The summed E-state index contributed by atoms with van der Waals surface area (Å²) in [5, 5.41) is 14.4. The maximum absolute atomic E-state index is 12.8. The molecule has 1 aliphatic heterocycles. The second-order valence-electron chi connectivity index (χ2n) is 8.20. The summed E-state index contributed by atoms with van der Waals surface area (Å²) in [7, 11) is 0. The van der Waals surface area contributed by atoms with Crippen LogP contribution in [0, 0.1) is 0 Å². The van der Waals surface area contributed by atoms with E-state index in [1.54, 1.807) is 54.9 Å². The molecule has 0 radical (unpaired) electrons. The van der Waals surface area contributed by atoms with E-state index in [2.05, 4.69) is 10.1 Å². The number of Topliss-reactive ketones (excluding diaryl/α,β-unsaturated/α-hetero) is 1. The summed E-state index contributed by atoms with van der Waals surface area (Å²) in [5.41, 5.74) is 7.13. The van der Waals surface area contributed by atoms with Crippen LogP contribution in [0.5, 0.6) is 0 Å². The Hall–Kier alpha value is -3.26. The monoisotopic (exact) mass is 407 g/mol. The lowest BCUT2D eigenvalue weighted by Crippen LogP contribution is -2.41. The number of ketones is 1. The van der Waals surface area contributed by atoms with Crippen molar-refractivity contribution in [3.8, 4) is 0 Å². The second-order valence-corrected chi connectivity index (χ2v) is 8.20. The van der Waals surface area contributed by atoms with E-state index >= 15 is 0 Å². The minimum atomic E-state index is -0.961. The van der Waals surface area contributed by atoms with Gasteiger partial charge in [-0.1, -0.05) is 24.3 Å². The first-order valence-corrected chi connectivity index (χ1v) is 10.00. The van der Waals surface area contributed by atoms with Crippen molar-refractivity contribution in [2.24, 2.45) is 5.73 Å². The second kappa shape index (κ2) is 7.53. The van der Waals surface area contributed by atoms with Gasteiger partial charge in [0.15, 0.2) is 11.4 Å². The molecule has 8 heteroatoms. The zero-order valence-corrected chi connectivity index (χ0v) is 17.1. The van der Waals surface area contributed by atoms with Crippen LogP contribution in [0.4, 0.5) is 5.82 Å². The molecule has 0 saturated carbocycles. The molecule has 1 amide bonds. The van der Waals surface area contributed by atoms with Gasteiger partial charge in [-0.2, -0.15) is 9.61 Å². The van der Waals surface area contributed by atoms with Crippen molar-refractivity contribution < 1.29 is 14.7 Å². The fourth-order valence-corrected chi connectivity index (χ4v) is 3.91. The molecule has 1 atom stereocenters. The van der Waals surface area contributed by atoms with Gasteiger partial charge >= 0.3 is 0 Å². The summed E-state index contributed by atoms with van der Waals surface area (Å²) in [5.74, 6) is 0.271. The Morgan fingerprint density at radius 2 is 1.97 bits per heavy atom. The fraction of sp³-hybridized carbons (Fsp3) is 0.364. The third-order valence-corrected chi connectivity index (χ3v) is 5.52. The molecule has 1 aromatic carbocycles. The van der Waals surface area contributed by atoms with Gasteiger partial charge < -0.3 is 15.7 Å². The average Bonchev–Trinajstić information content (AvgIpc) is 3.36. The van der Waals surface area contributed by atoms with E-state index in [1.807, 2.05) is 11.0 Å². The molecule has 1 saturated heterocycles. The molecule has 0 unspecified atom stereocenters. The lowest BCUT2D eigenvalue weighted by molar-refractivity contribution is -0.119. The Balaban J connectivity index is 1.63. The largest absolute Gasteiger partial charge is 0.386 e. The molecule has 0 bridgehead atoms. The number of aliphatic hydroxyl groups is 1. The van der Waals surface area contributed by atoms with Gasteiger partial charge in [0.2, 0.25) is 5.91 Å². The molecular weight excluding hydrogens is 382 g/mol. The van der Waals surface area contributed by atoms with Gasteiger partial charge in [-0.05, 0) is 32.3 Å². The van der Waals surface area contributed by atoms with Gasteiger partial charge in [-0.25, -0.2) is 4.98 Å². The highest BCUT2D eigenvalue weighted by atomic mass is 16.3. The highest BCUT2D eigenvalue weighted by Gasteiger charge is 2.31. The molecule has 0 aliphatic carbocycles. The van der Waals surface area contributed by atoms with E-state index in [1.165, 1.54) is 0 Å². The van der Waals surface area contributed by atoms with Crippen molar-refractivity contribution >= 4 is 23.2 Å². The zero-order valence-electron chi connectivity index (χ0n) is 17.1. The third-order valence-electron chi connectivity index (χ3n) is 5.52. The molecule has 2 aromatic heterocycles. The van der Waals surface area contributed by atoms with Crippen molar-refractivity contribution in [3.05, 3.63) is 59.4 Å². The minimum Gasteiger partial charge on any atom is -0.386 e. The number of benzene rings is 1. The van der Waals surface area contributed by atoms with Crippen LogP contribution in [0.15, 0.2) is 42.6 Å². The van der Waals surface area contributed by atoms with Gasteiger partial charge in [0.25, 0.3) is 0 Å². The molecule has 4 rings (SSSR count). The highest BCUT2D eigenvalue weighted by Crippen LogP contribution is 2.27. The van der Waals surface area contributed by atoms with Crippen LogP contribution in [0.25, 0.3) is 5.65 Å². The van der Waals surface area contributed by atoms with Crippen LogP contribution >= 0.6 is 0 Å². The topological polar surface area (TPSA) is 114 Å². The van der Waals surface area contributed by atoms with Crippen LogP contribution in [0.3, 0.4) is 0 Å². The molecular formula is C22H25N5O3. The van der Waals surface area contributed by atoms with Gasteiger partial charge in [0.1, 0.15) is 11.9 Å². The number of nitrogens with two attached hydrogens (primary N) is 1. The zero-order chi connectivity index (χ0) is 21.5. The third kappa shape index (κ3) is 3.78. The van der Waals surface area contributed by atoms with Crippen LogP contribution in [0.2, 0.25) is 0 Å². The van der Waals surface area contributed by atoms with Crippen molar-refractivity contribution in [2.45, 2.75) is 44.8 Å². The van der Waals surface area contributed by atoms with Crippen LogP contribution in [0.1, 0.15) is 48.3 Å². The Labute approximate surface area is 174 Å². The number of fused-ring (bicyclic) bond motifs is 1. The number of primary amides is 1. The lowest BCUT2D eigenvalue weighted by atomic mass is 9.96. The van der Waals surface area contributed by atoms with Crippen molar-refractivity contribution in [2.75, 3.05) is 11.4 Å². The summed E-state index contributed by atoms with van der Waals surface area (Å²) >= 11 is 0. The molecule has 3 N–H and O–H groups in total. The predicted molar refractivity (Wildman–Crippen MR) is 112 cm³/mol. The van der Waals surface area contributed by atoms with Gasteiger partial charge in [0, 0.05) is 24.2 Å². The van der Waals surface area contributed by atoms with Crippen LogP contribution in [-0.2, 0) is 16.8 Å². The number of rotatable bonds is 6. The molecule has 3 aromatic rings. The molecule has 1 fully saturated rings. The van der Waals surface area contributed by atoms with E-state index < -0.39 is 11.6 Å². The Morgan fingerprint density at radius 3 is 2.63 bits per heavy atom. The lowest BCUT2D eigenvalue weighted by Gasteiger charge is -2.25. The number of hydrogen-bond acceptors (Lipinski definition) is 6. The summed E-state index contributed by atoms with van der Waals surface area (Å²) in [6.45, 7) is 4.10. The van der Waals surface area contributed by atoms with E-state index in [0.29, 0.717) is 35.7 Å². The van der Waals surface area contributed by atoms with Crippen molar-refractivity contribution in [3.63, 3.8) is 0 Å². The quantitative estimate of drug-likeness (QED) is 0.603. The SMILES string of the molecule is CC(C)(O)c1ccc(C(=O)Cc2cc(N3CCC[C@H]3C(N)=O)n3nccc3n2)cc1. The first-order valence-electron chi connectivity index (χ1n) is 10.00. The Kier molecular flexibility index (Phi) is 5.03. The van der Waals surface area contributed by atoms with Crippen LogP contribution < -0.4 is 10.6 Å². The molecule has 3 heterocycles. The standard InChI is InChI=1S/C22H25N5O3/c1-22(2,30)15-7-5-14(6-8-15)18(28)12-16-13-20(27-19(25-16)9-10-24-27)26-11-3-4-17(26)21(23)29/h5-10,13,17,30H,3-4,11-12H2,1-2H3,(H2,23,29)/t17-/m0/s1. The summed E-state index contributed by atoms with van der Waals surface area (Å²) in [6, 6.07) is 10.1. The minimum absolute atomic E-state index is 0.0764. The molecule has 8 nitrogen and oxygen atoms in total. The first-order chi connectivity index (χ1) is 14.2. The van der Waals surface area contributed by atoms with Gasteiger partial charge in [0.05, 0.1) is 23.9 Å². The van der Waals surface area contributed by atoms with E-state index in [9.17, 15) is 14.7 Å². The predicted octanol–water partition coefficient (Wildman–Crippen LogP) is 1.84. The maximum atomic E-state index is 12.8. The number of hydrogen-bond donors (Lipinski definition) is 2. The number of aromatic nitrogens is 3. The summed E-state index contributed by atoms with van der Waals surface area (Å²) in [6.07, 6.45) is 3.32. The van der Waals surface area contributed by atoms with E-state index in [4.69, 9.17) is 5.73 Å². The molecule has 1 aliphatic rings. The number of nitrogens with zero attached hydrogens (tertiary/aromatic N) is 4. The summed E-state index contributed by atoms with van der Waals surface area (Å²) < 4.78 is 1.67. The van der Waals surface area contributed by atoms with Crippen LogP contribution in [-0.4, -0.2) is 44.0 Å². The number of anilines is 1. The number of carbonyl (C=O) groups excluding carboxylic acids is 2. The number of carbonyl (C=O) groups is 2. The molecule has 0 spiro atoms. The Bertz CT molecular complexity index is 1100. The molecule has 30 heavy (non-hydrogen) atoms. The smallest absolute Gasteiger partial charge is 0.240 e. The van der Waals surface area contributed by atoms with E-state index in [-0.39, 0.29) is 18.1 Å². The van der Waals surface area contributed by atoms with E-state index in [0.717, 1.165) is 12.0 Å². The van der Waals surface area contributed by atoms with Gasteiger partial charge in [-0.15, -0.1) is 0 Å². The number of amides is 1. The summed E-state index contributed by atoms with van der Waals surface area (Å²) in [4.78, 5) is 31.2. The van der Waals surface area contributed by atoms with Crippen molar-refractivity contribution in [1.29, 1.82) is 0 Å². The Morgan fingerprint density at radius 1 is 1.23 bits per heavy atom. The first kappa shape index (κ1) is 20.0. The normalized spacial score (nSPS) is 16.9. The van der Waals surface area contributed by atoms with Crippen molar-refractivity contribution in [1.82, 2.24) is 14.6 Å². The molecule has 156 valence electrons. The average molecular weight is 407 g/mol.